The molecular weight excluding hydrogens is 600 g/mol. The number of nitrogens with zero attached hydrogens (tertiary/aromatic N) is 4. The van der Waals surface area contributed by atoms with Gasteiger partial charge in [-0.3, -0.25) is 4.98 Å². The third-order valence-corrected chi connectivity index (χ3v) is 10.1. The third kappa shape index (κ3) is 7.09. The molecule has 4 heterocycles. The van der Waals surface area contributed by atoms with E-state index in [1.165, 1.54) is 18.4 Å². The largest absolute Gasteiger partial charge is 0.381 e. The van der Waals surface area contributed by atoms with E-state index in [0.717, 1.165) is 30.4 Å². The van der Waals surface area contributed by atoms with Crippen molar-refractivity contribution in [2.45, 2.75) is 63.0 Å². The van der Waals surface area contributed by atoms with Crippen LogP contribution in [0.25, 0.3) is 16.8 Å². The minimum Gasteiger partial charge on any atom is -0.381 e. The van der Waals surface area contributed by atoms with Crippen LogP contribution in [0, 0.1) is 17.6 Å². The lowest BCUT2D eigenvalue weighted by Gasteiger charge is -2.39. The van der Waals surface area contributed by atoms with Gasteiger partial charge in [0, 0.05) is 44.3 Å². The second-order valence-electron chi connectivity index (χ2n) is 12.5. The van der Waals surface area contributed by atoms with Crippen LogP contribution < -0.4 is 5.73 Å². The third-order valence-electron chi connectivity index (χ3n) is 9.16. The minimum absolute atomic E-state index is 0.0320. The Labute approximate surface area is 262 Å². The van der Waals surface area contributed by atoms with Crippen molar-refractivity contribution in [2.24, 2.45) is 11.7 Å². The van der Waals surface area contributed by atoms with Crippen LogP contribution in [0.4, 0.5) is 8.78 Å². The van der Waals surface area contributed by atoms with Gasteiger partial charge in [0.1, 0.15) is 27.3 Å². The number of ether oxygens (including phenoxy) is 2. The van der Waals surface area contributed by atoms with Gasteiger partial charge in [0.2, 0.25) is 0 Å². The quantitative estimate of drug-likeness (QED) is 0.277. The van der Waals surface area contributed by atoms with Gasteiger partial charge in [-0.1, -0.05) is 6.92 Å². The summed E-state index contributed by atoms with van der Waals surface area (Å²) in [6.07, 6.45) is 9.64. The van der Waals surface area contributed by atoms with E-state index < -0.39 is 21.5 Å². The number of hydrogen-bond acceptors (Lipinski definition) is 8. The number of sulfone groups is 1. The lowest BCUT2D eigenvalue weighted by atomic mass is 9.73. The highest BCUT2D eigenvalue weighted by molar-refractivity contribution is 7.90. The summed E-state index contributed by atoms with van der Waals surface area (Å²) in [5.41, 5.74) is 10.0. The Kier molecular flexibility index (Phi) is 9.28. The molecule has 1 saturated heterocycles. The van der Waals surface area contributed by atoms with Crippen molar-refractivity contribution in [3.05, 3.63) is 83.1 Å². The Hall–Kier alpha value is -3.32. The van der Waals surface area contributed by atoms with Gasteiger partial charge in [-0.25, -0.2) is 26.7 Å². The Morgan fingerprint density at radius 1 is 1.07 bits per heavy atom. The monoisotopic (exact) mass is 639 g/mol. The van der Waals surface area contributed by atoms with Gasteiger partial charge in [0.15, 0.2) is 0 Å². The lowest BCUT2D eigenvalue weighted by molar-refractivity contribution is -0.0154. The summed E-state index contributed by atoms with van der Waals surface area (Å²) in [6, 6.07) is 7.98. The molecule has 3 aromatic heterocycles. The first kappa shape index (κ1) is 31.7. The molecule has 9 nitrogen and oxygen atoms in total. The summed E-state index contributed by atoms with van der Waals surface area (Å²) in [5.74, 6) is -0.345. The smallest absolute Gasteiger partial charge is 0.149 e. The van der Waals surface area contributed by atoms with E-state index in [1.807, 2.05) is 12.3 Å². The second-order valence-corrected chi connectivity index (χ2v) is 14.8. The molecule has 0 spiro atoms. The number of fused-ring (bicyclic) bond motifs is 1. The molecule has 4 atom stereocenters. The molecule has 1 aliphatic heterocycles. The van der Waals surface area contributed by atoms with Crippen molar-refractivity contribution >= 4 is 15.4 Å². The SMILES string of the molecule is C[C@H]1C[C@@H](c2ccncc2Cc2ncc3ccc(-c4c(F)cc(C5CCOCC5)cc4F)nn23)C[C@@H](N)[C@H]1OCCS(C)(=O)=O. The molecule has 45 heavy (non-hydrogen) atoms. The number of benzene rings is 1. The molecule has 0 bridgehead atoms. The van der Waals surface area contributed by atoms with E-state index in [9.17, 15) is 8.42 Å². The van der Waals surface area contributed by atoms with E-state index in [2.05, 4.69) is 22.0 Å². The van der Waals surface area contributed by atoms with E-state index in [4.69, 9.17) is 15.2 Å². The van der Waals surface area contributed by atoms with Crippen LogP contribution in [0.5, 0.6) is 0 Å². The molecule has 4 aromatic rings. The predicted octanol–water partition coefficient (Wildman–Crippen LogP) is 4.82. The fraction of sp³-hybridized carbons (Fsp3) is 0.485. The zero-order valence-corrected chi connectivity index (χ0v) is 26.3. The van der Waals surface area contributed by atoms with Crippen molar-refractivity contribution in [3.8, 4) is 11.3 Å². The van der Waals surface area contributed by atoms with E-state index in [-0.39, 0.29) is 53.5 Å². The maximum Gasteiger partial charge on any atom is 0.149 e. The molecule has 0 amide bonds. The van der Waals surface area contributed by atoms with Crippen LogP contribution in [0.1, 0.15) is 67.0 Å². The predicted molar refractivity (Wildman–Crippen MR) is 167 cm³/mol. The van der Waals surface area contributed by atoms with Gasteiger partial charge in [0.05, 0.1) is 41.4 Å². The molecule has 0 unspecified atom stereocenters. The molecule has 1 aliphatic carbocycles. The summed E-state index contributed by atoms with van der Waals surface area (Å²) >= 11 is 0. The number of pyridine rings is 1. The molecule has 1 saturated carbocycles. The van der Waals surface area contributed by atoms with Crippen molar-refractivity contribution < 1.29 is 26.7 Å². The van der Waals surface area contributed by atoms with E-state index >= 15 is 8.78 Å². The topological polar surface area (TPSA) is 122 Å². The molecule has 240 valence electrons. The Morgan fingerprint density at radius 2 is 1.82 bits per heavy atom. The molecule has 2 N–H and O–H groups in total. The van der Waals surface area contributed by atoms with Crippen LogP contribution >= 0.6 is 0 Å². The molecule has 12 heteroatoms. The van der Waals surface area contributed by atoms with Crippen molar-refractivity contribution in [3.63, 3.8) is 0 Å². The number of rotatable bonds is 9. The molecule has 2 aliphatic rings. The van der Waals surface area contributed by atoms with Gasteiger partial charge >= 0.3 is 0 Å². The number of nitrogens with two attached hydrogens (primary N) is 1. The summed E-state index contributed by atoms with van der Waals surface area (Å²) < 4.78 is 66.9. The standard InChI is InChI=1S/C33H39F2N5O4S/c1-20-13-23(16-29(36)33(20)44-11-12-45(2,41)42)26-5-8-37-18-24(26)17-31-38-19-25-3-4-30(39-40(25)31)32-27(34)14-22(15-28(32)35)21-6-9-43-10-7-21/h3-5,8,14-15,18-21,23,29,33H,6-7,9-13,16-17,36H2,1-2H3/t20-,23+,29+,33-/m0/s1. The highest BCUT2D eigenvalue weighted by atomic mass is 32.2. The van der Waals surface area contributed by atoms with Crippen LogP contribution in [-0.4, -0.2) is 72.0 Å². The van der Waals surface area contributed by atoms with Gasteiger partial charge in [-0.2, -0.15) is 5.10 Å². The highest BCUT2D eigenvalue weighted by Gasteiger charge is 2.36. The van der Waals surface area contributed by atoms with Gasteiger partial charge in [-0.05, 0) is 90.5 Å². The summed E-state index contributed by atoms with van der Waals surface area (Å²) in [6.45, 7) is 3.39. The lowest BCUT2D eigenvalue weighted by Crippen LogP contribution is -2.47. The first-order chi connectivity index (χ1) is 21.6. The fourth-order valence-electron chi connectivity index (χ4n) is 6.89. The average Bonchev–Trinajstić information content (AvgIpc) is 3.40. The fourth-order valence-corrected chi connectivity index (χ4v) is 7.29. The van der Waals surface area contributed by atoms with Crippen molar-refractivity contribution in [1.29, 1.82) is 0 Å². The van der Waals surface area contributed by atoms with E-state index in [0.29, 0.717) is 43.0 Å². The molecule has 1 aromatic carbocycles. The number of halogens is 2. The van der Waals surface area contributed by atoms with E-state index in [1.54, 1.807) is 29.0 Å². The van der Waals surface area contributed by atoms with Crippen LogP contribution in [-0.2, 0) is 25.7 Å². The van der Waals surface area contributed by atoms with Gasteiger partial charge in [-0.15, -0.1) is 0 Å². The second kappa shape index (κ2) is 13.2. The minimum atomic E-state index is -3.12. The molecule has 0 radical (unpaired) electrons. The molecule has 2 fully saturated rings. The van der Waals surface area contributed by atoms with Crippen molar-refractivity contribution in [1.82, 2.24) is 19.6 Å². The zero-order chi connectivity index (χ0) is 31.7. The Morgan fingerprint density at radius 3 is 2.53 bits per heavy atom. The maximum atomic E-state index is 15.4. The highest BCUT2D eigenvalue weighted by Crippen LogP contribution is 2.39. The average molecular weight is 640 g/mol. The Bertz CT molecular complexity index is 1740. The molecular formula is C33H39F2N5O4S. The summed E-state index contributed by atoms with van der Waals surface area (Å²) in [5, 5.41) is 4.64. The Balaban J connectivity index is 1.23. The zero-order valence-electron chi connectivity index (χ0n) is 25.5. The van der Waals surface area contributed by atoms with Crippen molar-refractivity contribution in [2.75, 3.05) is 31.8 Å². The van der Waals surface area contributed by atoms with Crippen LogP contribution in [0.2, 0.25) is 0 Å². The molecule has 6 rings (SSSR count). The number of aromatic nitrogens is 4. The van der Waals surface area contributed by atoms with Crippen LogP contribution in [0.3, 0.4) is 0 Å². The number of hydrogen-bond donors (Lipinski definition) is 1. The first-order valence-electron chi connectivity index (χ1n) is 15.5. The summed E-state index contributed by atoms with van der Waals surface area (Å²) in [4.78, 5) is 8.98. The maximum absolute atomic E-state index is 15.4. The number of imidazole rings is 1. The summed E-state index contributed by atoms with van der Waals surface area (Å²) in [7, 11) is -3.12. The van der Waals surface area contributed by atoms with Crippen LogP contribution in [0.15, 0.2) is 48.9 Å². The van der Waals surface area contributed by atoms with Gasteiger partial charge < -0.3 is 15.2 Å². The normalized spacial score (nSPS) is 23.0. The van der Waals surface area contributed by atoms with Gasteiger partial charge in [0.25, 0.3) is 0 Å². The first-order valence-corrected chi connectivity index (χ1v) is 17.5.